The number of fused-ring (bicyclic) bond motifs is 3. The maximum Gasteiger partial charge on any atom is 0.407 e. The number of benzene rings is 3. The predicted molar refractivity (Wildman–Crippen MR) is 119 cm³/mol. The monoisotopic (exact) mass is 413 g/mol. The molecule has 3 aromatic carbocycles. The van der Waals surface area contributed by atoms with Crippen LogP contribution in [0, 0.1) is 11.8 Å². The highest BCUT2D eigenvalue weighted by Gasteiger charge is 2.28. The number of carbonyl (C=O) groups is 1. The fraction of sp³-hybridized carbons (Fsp3) is 0.192. The molecule has 0 bridgehead atoms. The Balaban J connectivity index is 1.28. The Morgan fingerprint density at radius 2 is 1.71 bits per heavy atom. The molecule has 1 amide bonds. The maximum absolute atomic E-state index is 12.2. The van der Waals surface area contributed by atoms with Crippen LogP contribution in [0.15, 0.2) is 66.7 Å². The molecule has 4 rings (SSSR count). The first-order valence-corrected chi connectivity index (χ1v) is 10.1. The fourth-order valence-corrected chi connectivity index (χ4v) is 3.80. The molecule has 5 nitrogen and oxygen atoms in total. The summed E-state index contributed by atoms with van der Waals surface area (Å²) in [6.07, 6.45) is 0.0304. The Labute approximate surface area is 181 Å². The number of ether oxygens (including phenoxy) is 2. The lowest BCUT2D eigenvalue weighted by atomic mass is 9.98. The van der Waals surface area contributed by atoms with Crippen molar-refractivity contribution in [2.24, 2.45) is 0 Å². The number of aromatic hydroxyl groups is 1. The first-order chi connectivity index (χ1) is 15.2. The smallest absolute Gasteiger partial charge is 0.407 e. The second kappa shape index (κ2) is 9.27. The van der Waals surface area contributed by atoms with Crippen LogP contribution < -0.4 is 10.1 Å². The molecule has 5 heteroatoms. The van der Waals surface area contributed by atoms with Crippen molar-refractivity contribution in [1.82, 2.24) is 5.32 Å². The number of carbonyl (C=O) groups excluding carboxylic acids is 1. The first kappa shape index (κ1) is 20.4. The summed E-state index contributed by atoms with van der Waals surface area (Å²) in [5.74, 6) is 6.48. The van der Waals surface area contributed by atoms with E-state index in [9.17, 15) is 9.90 Å². The molecule has 0 aliphatic heterocycles. The van der Waals surface area contributed by atoms with Gasteiger partial charge in [-0.1, -0.05) is 60.4 Å². The average molecular weight is 413 g/mol. The van der Waals surface area contributed by atoms with Crippen LogP contribution in [-0.4, -0.2) is 31.5 Å². The van der Waals surface area contributed by atoms with E-state index in [0.29, 0.717) is 25.3 Å². The molecule has 0 spiro atoms. The lowest BCUT2D eigenvalue weighted by Gasteiger charge is -2.14. The van der Waals surface area contributed by atoms with Gasteiger partial charge in [0.05, 0.1) is 7.11 Å². The van der Waals surface area contributed by atoms with E-state index in [1.165, 1.54) is 35.4 Å². The molecular formula is C26H23NO4. The van der Waals surface area contributed by atoms with Crippen molar-refractivity contribution in [3.8, 4) is 34.5 Å². The molecule has 0 fully saturated rings. The molecule has 3 aromatic rings. The number of rotatable bonds is 5. The van der Waals surface area contributed by atoms with E-state index in [4.69, 9.17) is 9.47 Å². The molecule has 0 saturated carbocycles. The number of alkyl carbamates (subject to hydrolysis) is 1. The summed E-state index contributed by atoms with van der Waals surface area (Å²) in [5, 5.41) is 12.4. The van der Waals surface area contributed by atoms with E-state index in [0.717, 1.165) is 5.56 Å². The Morgan fingerprint density at radius 1 is 1.03 bits per heavy atom. The van der Waals surface area contributed by atoms with Gasteiger partial charge in [-0.05, 0) is 40.5 Å². The highest BCUT2D eigenvalue weighted by atomic mass is 16.5. The highest BCUT2D eigenvalue weighted by molar-refractivity contribution is 5.79. The van der Waals surface area contributed by atoms with Gasteiger partial charge in [-0.3, -0.25) is 0 Å². The summed E-state index contributed by atoms with van der Waals surface area (Å²) >= 11 is 0. The van der Waals surface area contributed by atoms with Gasteiger partial charge in [0, 0.05) is 24.4 Å². The normalized spacial score (nSPS) is 11.6. The molecule has 0 atom stereocenters. The zero-order valence-corrected chi connectivity index (χ0v) is 17.2. The van der Waals surface area contributed by atoms with Gasteiger partial charge < -0.3 is 19.9 Å². The maximum atomic E-state index is 12.2. The van der Waals surface area contributed by atoms with E-state index >= 15 is 0 Å². The van der Waals surface area contributed by atoms with Gasteiger partial charge in [0.1, 0.15) is 6.61 Å². The third kappa shape index (κ3) is 4.49. The molecular weight excluding hydrogens is 390 g/mol. The lowest BCUT2D eigenvalue weighted by Crippen LogP contribution is -2.26. The first-order valence-electron chi connectivity index (χ1n) is 10.1. The number of phenolic OH excluding ortho intramolecular Hbond substituents is 1. The summed E-state index contributed by atoms with van der Waals surface area (Å²) in [6, 6.07) is 21.4. The van der Waals surface area contributed by atoms with E-state index in [1.807, 2.05) is 24.3 Å². The molecule has 2 N–H and O–H groups in total. The van der Waals surface area contributed by atoms with Gasteiger partial charge in [-0.25, -0.2) is 4.79 Å². The van der Waals surface area contributed by atoms with Crippen LogP contribution in [0.25, 0.3) is 11.1 Å². The zero-order chi connectivity index (χ0) is 21.6. The standard InChI is InChI=1S/C26H23NO4/c1-30-25-16-18(13-14-24(25)28)8-6-7-15-27-26(29)31-17-23-21-11-4-2-9-19(21)20-10-3-5-12-22(20)23/h2-5,9-14,16,23,28H,7,15,17H2,1H3,(H,27,29). The van der Waals surface area contributed by atoms with Gasteiger partial charge in [-0.15, -0.1) is 0 Å². The third-order valence-electron chi connectivity index (χ3n) is 5.28. The molecule has 0 aromatic heterocycles. The number of nitrogens with one attached hydrogen (secondary N) is 1. The summed E-state index contributed by atoms with van der Waals surface area (Å²) in [5.41, 5.74) is 5.51. The van der Waals surface area contributed by atoms with Crippen LogP contribution in [0.5, 0.6) is 11.5 Å². The summed E-state index contributed by atoms with van der Waals surface area (Å²) < 4.78 is 10.6. The third-order valence-corrected chi connectivity index (χ3v) is 5.28. The molecule has 0 unspecified atom stereocenters. The minimum absolute atomic E-state index is 0.0439. The Bertz CT molecular complexity index is 1110. The molecule has 31 heavy (non-hydrogen) atoms. The van der Waals surface area contributed by atoms with E-state index in [-0.39, 0.29) is 11.7 Å². The van der Waals surface area contributed by atoms with Crippen molar-refractivity contribution in [1.29, 1.82) is 0 Å². The SMILES string of the molecule is COc1cc(C#CCCNC(=O)OCC2c3ccccc3-c3ccccc32)ccc1O. The Morgan fingerprint density at radius 3 is 2.39 bits per heavy atom. The summed E-state index contributed by atoms with van der Waals surface area (Å²) in [7, 11) is 1.49. The minimum Gasteiger partial charge on any atom is -0.504 e. The number of hydrogen-bond donors (Lipinski definition) is 2. The summed E-state index contributed by atoms with van der Waals surface area (Å²) in [6.45, 7) is 0.678. The van der Waals surface area contributed by atoms with Crippen molar-refractivity contribution in [2.45, 2.75) is 12.3 Å². The van der Waals surface area contributed by atoms with Gasteiger partial charge >= 0.3 is 6.09 Å². The van der Waals surface area contributed by atoms with Crippen molar-refractivity contribution in [3.63, 3.8) is 0 Å². The quantitative estimate of drug-likeness (QED) is 0.471. The molecule has 1 aliphatic rings. The van der Waals surface area contributed by atoms with Crippen molar-refractivity contribution < 1.29 is 19.4 Å². The molecule has 0 saturated heterocycles. The molecule has 0 radical (unpaired) electrons. The second-order valence-electron chi connectivity index (χ2n) is 7.19. The Hall–Kier alpha value is -3.91. The van der Waals surface area contributed by atoms with Gasteiger partial charge in [0.2, 0.25) is 0 Å². The number of amides is 1. The highest BCUT2D eigenvalue weighted by Crippen LogP contribution is 2.44. The van der Waals surface area contributed by atoms with Crippen LogP contribution in [0.1, 0.15) is 29.0 Å². The zero-order valence-electron chi connectivity index (χ0n) is 17.2. The van der Waals surface area contributed by atoms with Crippen molar-refractivity contribution in [3.05, 3.63) is 83.4 Å². The Kier molecular flexibility index (Phi) is 6.09. The topological polar surface area (TPSA) is 67.8 Å². The average Bonchev–Trinajstić information content (AvgIpc) is 3.12. The largest absolute Gasteiger partial charge is 0.504 e. The van der Waals surface area contributed by atoms with Gasteiger partial charge in [-0.2, -0.15) is 0 Å². The van der Waals surface area contributed by atoms with Crippen molar-refractivity contribution >= 4 is 6.09 Å². The fourth-order valence-electron chi connectivity index (χ4n) is 3.80. The van der Waals surface area contributed by atoms with Gasteiger partial charge in [0.25, 0.3) is 0 Å². The minimum atomic E-state index is -0.449. The van der Waals surface area contributed by atoms with Crippen LogP contribution in [0.2, 0.25) is 0 Å². The van der Waals surface area contributed by atoms with Crippen LogP contribution in [0.4, 0.5) is 4.79 Å². The van der Waals surface area contributed by atoms with Gasteiger partial charge in [0.15, 0.2) is 11.5 Å². The number of phenols is 1. The predicted octanol–water partition coefficient (Wildman–Crippen LogP) is 4.68. The van der Waals surface area contributed by atoms with Crippen molar-refractivity contribution in [2.75, 3.05) is 20.3 Å². The molecule has 1 aliphatic carbocycles. The second-order valence-corrected chi connectivity index (χ2v) is 7.19. The molecule has 0 heterocycles. The van der Waals surface area contributed by atoms with E-state index in [1.54, 1.807) is 12.1 Å². The lowest BCUT2D eigenvalue weighted by molar-refractivity contribution is 0.143. The van der Waals surface area contributed by atoms with Crippen LogP contribution in [0.3, 0.4) is 0 Å². The summed E-state index contributed by atoms with van der Waals surface area (Å²) in [4.78, 5) is 12.2. The van der Waals surface area contributed by atoms with E-state index in [2.05, 4.69) is 41.4 Å². The van der Waals surface area contributed by atoms with Crippen LogP contribution >= 0.6 is 0 Å². The van der Waals surface area contributed by atoms with Crippen LogP contribution in [-0.2, 0) is 4.74 Å². The number of hydrogen-bond acceptors (Lipinski definition) is 4. The van der Waals surface area contributed by atoms with E-state index < -0.39 is 6.09 Å². The number of methoxy groups -OCH3 is 1. The molecule has 156 valence electrons.